The summed E-state index contributed by atoms with van der Waals surface area (Å²) in [6.45, 7) is 4.51. The molecule has 7 heteroatoms. The van der Waals surface area contributed by atoms with E-state index in [1.807, 2.05) is 17.0 Å². The summed E-state index contributed by atoms with van der Waals surface area (Å²) in [5, 5.41) is 0.323. The summed E-state index contributed by atoms with van der Waals surface area (Å²) in [5.41, 5.74) is 1.31. The van der Waals surface area contributed by atoms with Gasteiger partial charge >= 0.3 is 0 Å². The maximum absolute atomic E-state index is 14.0. The van der Waals surface area contributed by atoms with Crippen LogP contribution in [-0.4, -0.2) is 59.6 Å². The van der Waals surface area contributed by atoms with E-state index in [2.05, 4.69) is 9.88 Å². The Morgan fingerprint density at radius 2 is 2.00 bits per heavy atom. The van der Waals surface area contributed by atoms with Crippen LogP contribution in [0, 0.1) is 11.7 Å². The molecule has 31 heavy (non-hydrogen) atoms. The first kappa shape index (κ1) is 22.2. The number of piperidine rings is 1. The number of carbonyl (C=O) groups excluding carboxylic acids is 1. The number of carbonyl (C=O) groups is 1. The Labute approximate surface area is 188 Å². The van der Waals surface area contributed by atoms with Crippen LogP contribution >= 0.6 is 11.6 Å². The predicted molar refractivity (Wildman–Crippen MR) is 119 cm³/mol. The number of hydrogen-bond acceptors (Lipinski definition) is 4. The second kappa shape index (κ2) is 10.5. The number of pyridine rings is 1. The molecule has 3 heterocycles. The Hall–Kier alpha value is -2.02. The minimum absolute atomic E-state index is 0.0198. The summed E-state index contributed by atoms with van der Waals surface area (Å²) in [5.74, 6) is 0.252. The highest BCUT2D eigenvalue weighted by molar-refractivity contribution is 6.29. The van der Waals surface area contributed by atoms with Gasteiger partial charge in [0, 0.05) is 43.6 Å². The van der Waals surface area contributed by atoms with Crippen LogP contribution in [0.2, 0.25) is 5.15 Å². The quantitative estimate of drug-likeness (QED) is 0.592. The van der Waals surface area contributed by atoms with Crippen molar-refractivity contribution in [2.45, 2.75) is 38.3 Å². The molecule has 1 atom stereocenters. The highest BCUT2D eigenvalue weighted by atomic mass is 35.5. The molecule has 1 aromatic carbocycles. The Morgan fingerprint density at radius 1 is 1.19 bits per heavy atom. The maximum atomic E-state index is 14.0. The molecular formula is C24H29ClFN3O2. The lowest BCUT2D eigenvalue weighted by Gasteiger charge is -2.35. The lowest BCUT2D eigenvalue weighted by atomic mass is 9.95. The van der Waals surface area contributed by atoms with Crippen LogP contribution in [0.4, 0.5) is 4.39 Å². The third-order valence-corrected chi connectivity index (χ3v) is 6.45. The van der Waals surface area contributed by atoms with Gasteiger partial charge in [0.1, 0.15) is 11.0 Å². The Bertz CT molecular complexity index is 883. The Kier molecular flexibility index (Phi) is 7.54. The number of likely N-dealkylation sites (tertiary alicyclic amines) is 1. The standard InChI is InChI=1S/C24H29ClFN3O2/c25-23-14-19(7-10-27-23)24(30)29(17-21-5-3-13-31-21)15-18-8-11-28(12-9-18)16-20-4-1-2-6-22(20)26/h1-2,4,6-7,10,14,18,21H,3,5,8-9,11-13,15-17H2. The first-order valence-electron chi connectivity index (χ1n) is 11.1. The molecule has 0 bridgehead atoms. The lowest BCUT2D eigenvalue weighted by Crippen LogP contribution is -2.43. The number of benzene rings is 1. The molecule has 0 spiro atoms. The second-order valence-corrected chi connectivity index (χ2v) is 8.91. The summed E-state index contributed by atoms with van der Waals surface area (Å²) in [4.78, 5) is 21.4. The van der Waals surface area contributed by atoms with E-state index in [4.69, 9.17) is 16.3 Å². The second-order valence-electron chi connectivity index (χ2n) is 8.52. The number of rotatable bonds is 7. The summed E-state index contributed by atoms with van der Waals surface area (Å²) >= 11 is 6.01. The molecule has 2 saturated heterocycles. The zero-order valence-corrected chi connectivity index (χ0v) is 18.4. The van der Waals surface area contributed by atoms with Crippen LogP contribution in [0.25, 0.3) is 0 Å². The topological polar surface area (TPSA) is 45.7 Å². The minimum Gasteiger partial charge on any atom is -0.376 e. The summed E-state index contributed by atoms with van der Waals surface area (Å²) in [6.07, 6.45) is 5.68. The van der Waals surface area contributed by atoms with Gasteiger partial charge in [0.15, 0.2) is 0 Å². The lowest BCUT2D eigenvalue weighted by molar-refractivity contribution is 0.0444. The third kappa shape index (κ3) is 6.03. The van der Waals surface area contributed by atoms with Crippen LogP contribution in [0.15, 0.2) is 42.6 Å². The van der Waals surface area contributed by atoms with Crippen molar-refractivity contribution in [1.29, 1.82) is 0 Å². The van der Waals surface area contributed by atoms with Crippen molar-refractivity contribution in [3.05, 3.63) is 64.7 Å². The highest BCUT2D eigenvalue weighted by Crippen LogP contribution is 2.23. The van der Waals surface area contributed by atoms with Gasteiger partial charge in [-0.05, 0) is 62.9 Å². The van der Waals surface area contributed by atoms with Crippen molar-refractivity contribution in [3.63, 3.8) is 0 Å². The number of amides is 1. The molecule has 1 unspecified atom stereocenters. The van der Waals surface area contributed by atoms with Gasteiger partial charge in [0.05, 0.1) is 6.10 Å². The van der Waals surface area contributed by atoms with Gasteiger partial charge in [-0.1, -0.05) is 29.8 Å². The SMILES string of the molecule is O=C(c1ccnc(Cl)c1)N(CC1CCN(Cc2ccccc2F)CC1)CC1CCCO1. The molecule has 1 amide bonds. The Morgan fingerprint density at radius 3 is 2.71 bits per heavy atom. The average molecular weight is 446 g/mol. The van der Waals surface area contributed by atoms with Gasteiger partial charge in [-0.15, -0.1) is 0 Å². The van der Waals surface area contributed by atoms with Crippen LogP contribution < -0.4 is 0 Å². The van der Waals surface area contributed by atoms with Gasteiger partial charge in [-0.2, -0.15) is 0 Å². The molecule has 0 aliphatic carbocycles. The van der Waals surface area contributed by atoms with Gasteiger partial charge in [-0.3, -0.25) is 9.69 Å². The van der Waals surface area contributed by atoms with E-state index in [-0.39, 0.29) is 17.8 Å². The molecule has 1 aromatic heterocycles. The molecule has 2 fully saturated rings. The van der Waals surface area contributed by atoms with E-state index in [0.717, 1.165) is 50.9 Å². The van der Waals surface area contributed by atoms with Crippen LogP contribution in [0.5, 0.6) is 0 Å². The number of hydrogen-bond donors (Lipinski definition) is 0. The molecule has 4 rings (SSSR count). The average Bonchev–Trinajstić information content (AvgIpc) is 3.29. The summed E-state index contributed by atoms with van der Waals surface area (Å²) in [6, 6.07) is 10.3. The van der Waals surface area contributed by atoms with Crippen molar-refractivity contribution in [1.82, 2.24) is 14.8 Å². The van der Waals surface area contributed by atoms with Crippen LogP contribution in [0.1, 0.15) is 41.6 Å². The zero-order chi connectivity index (χ0) is 21.6. The number of halogens is 2. The number of aromatic nitrogens is 1. The normalized spacial score (nSPS) is 20.1. The van der Waals surface area contributed by atoms with Crippen molar-refractivity contribution >= 4 is 17.5 Å². The molecule has 2 aliphatic rings. The molecular weight excluding hydrogens is 417 g/mol. The Balaban J connectivity index is 1.36. The largest absolute Gasteiger partial charge is 0.376 e. The molecule has 0 N–H and O–H groups in total. The fourth-order valence-electron chi connectivity index (χ4n) is 4.50. The monoisotopic (exact) mass is 445 g/mol. The van der Waals surface area contributed by atoms with E-state index >= 15 is 0 Å². The molecule has 0 saturated carbocycles. The predicted octanol–water partition coefficient (Wildman–Crippen LogP) is 4.41. The van der Waals surface area contributed by atoms with E-state index in [9.17, 15) is 9.18 Å². The zero-order valence-electron chi connectivity index (χ0n) is 17.7. The van der Waals surface area contributed by atoms with E-state index in [1.54, 1.807) is 24.4 Å². The first-order chi connectivity index (χ1) is 15.1. The minimum atomic E-state index is -0.144. The first-order valence-corrected chi connectivity index (χ1v) is 11.4. The fraction of sp³-hybridized carbons (Fsp3) is 0.500. The smallest absolute Gasteiger partial charge is 0.254 e. The summed E-state index contributed by atoms with van der Waals surface area (Å²) in [7, 11) is 0. The van der Waals surface area contributed by atoms with Gasteiger partial charge in [0.2, 0.25) is 0 Å². The van der Waals surface area contributed by atoms with E-state index in [0.29, 0.717) is 36.3 Å². The summed E-state index contributed by atoms with van der Waals surface area (Å²) < 4.78 is 19.8. The van der Waals surface area contributed by atoms with Gasteiger partial charge in [-0.25, -0.2) is 9.37 Å². The maximum Gasteiger partial charge on any atom is 0.254 e. The van der Waals surface area contributed by atoms with Gasteiger partial charge < -0.3 is 9.64 Å². The third-order valence-electron chi connectivity index (χ3n) is 6.25. The molecule has 2 aromatic rings. The molecule has 166 valence electrons. The van der Waals surface area contributed by atoms with Gasteiger partial charge in [0.25, 0.3) is 5.91 Å². The van der Waals surface area contributed by atoms with E-state index < -0.39 is 0 Å². The highest BCUT2D eigenvalue weighted by Gasteiger charge is 2.28. The molecule has 0 radical (unpaired) electrons. The van der Waals surface area contributed by atoms with E-state index in [1.165, 1.54) is 6.07 Å². The fourth-order valence-corrected chi connectivity index (χ4v) is 4.67. The van der Waals surface area contributed by atoms with Crippen molar-refractivity contribution < 1.29 is 13.9 Å². The molecule has 2 aliphatic heterocycles. The molecule has 5 nitrogen and oxygen atoms in total. The van der Waals surface area contributed by atoms with Crippen LogP contribution in [-0.2, 0) is 11.3 Å². The van der Waals surface area contributed by atoms with Crippen molar-refractivity contribution in [2.24, 2.45) is 5.92 Å². The van der Waals surface area contributed by atoms with Crippen molar-refractivity contribution in [3.8, 4) is 0 Å². The number of ether oxygens (including phenoxy) is 1. The van der Waals surface area contributed by atoms with Crippen LogP contribution in [0.3, 0.4) is 0 Å². The van der Waals surface area contributed by atoms with Crippen molar-refractivity contribution in [2.75, 3.05) is 32.8 Å². The number of nitrogens with zero attached hydrogens (tertiary/aromatic N) is 3.